The van der Waals surface area contributed by atoms with Gasteiger partial charge in [-0.2, -0.15) is 15.8 Å². The molecule has 3 atom stereocenters. The van der Waals surface area contributed by atoms with Crippen LogP contribution >= 0.6 is 11.6 Å². The molecule has 1 aromatic carbocycles. The highest BCUT2D eigenvalue weighted by atomic mass is 35.5. The Kier molecular flexibility index (Phi) is 4.30. The SMILES string of the molecule is C[C@H]1CC=C2[C@H](C1)[C@H](c1ccccc1Cl)C(C#N)=C(N)C2(C#N)C#N. The maximum absolute atomic E-state index is 9.79. The van der Waals surface area contributed by atoms with E-state index in [1.54, 1.807) is 6.07 Å². The van der Waals surface area contributed by atoms with E-state index in [1.807, 2.05) is 24.3 Å². The molecule has 0 unspecified atom stereocenters. The van der Waals surface area contributed by atoms with Crippen molar-refractivity contribution < 1.29 is 0 Å². The highest BCUT2D eigenvalue weighted by molar-refractivity contribution is 6.31. The molecule has 0 bridgehead atoms. The molecule has 3 rings (SSSR count). The van der Waals surface area contributed by atoms with E-state index in [1.165, 1.54) is 0 Å². The van der Waals surface area contributed by atoms with Crippen LogP contribution in [0.4, 0.5) is 0 Å². The zero-order chi connectivity index (χ0) is 18.2. The molecule has 2 aliphatic carbocycles. The van der Waals surface area contributed by atoms with E-state index in [9.17, 15) is 15.8 Å². The van der Waals surface area contributed by atoms with Crippen molar-refractivity contribution in [1.29, 1.82) is 15.8 Å². The second kappa shape index (κ2) is 6.29. The molecule has 5 heteroatoms. The normalized spacial score (nSPS) is 27.3. The molecular weight excluding hydrogens is 332 g/mol. The average molecular weight is 349 g/mol. The third kappa shape index (κ3) is 2.41. The van der Waals surface area contributed by atoms with Crippen LogP contribution in [0.3, 0.4) is 0 Å². The first-order valence-corrected chi connectivity index (χ1v) is 8.55. The van der Waals surface area contributed by atoms with Crippen LogP contribution in [0.25, 0.3) is 0 Å². The smallest absolute Gasteiger partial charge is 0.204 e. The molecule has 0 fully saturated rings. The number of nitriles is 3. The number of fused-ring (bicyclic) bond motifs is 1. The van der Waals surface area contributed by atoms with E-state index < -0.39 is 5.41 Å². The lowest BCUT2D eigenvalue weighted by atomic mass is 9.57. The molecule has 1 aromatic rings. The number of halogens is 1. The number of allylic oxidation sites excluding steroid dienone is 3. The van der Waals surface area contributed by atoms with Gasteiger partial charge in [0, 0.05) is 10.9 Å². The van der Waals surface area contributed by atoms with Crippen LogP contribution in [-0.4, -0.2) is 0 Å². The average Bonchev–Trinajstić information content (AvgIpc) is 2.62. The number of hydrogen-bond donors (Lipinski definition) is 1. The summed E-state index contributed by atoms with van der Waals surface area (Å²) in [6.07, 6.45) is 3.54. The second-order valence-electron chi connectivity index (χ2n) is 6.75. The monoisotopic (exact) mass is 348 g/mol. The molecule has 0 saturated carbocycles. The number of rotatable bonds is 1. The number of nitrogens with zero attached hydrogens (tertiary/aromatic N) is 3. The molecule has 0 heterocycles. The zero-order valence-electron chi connectivity index (χ0n) is 13.8. The molecule has 0 saturated heterocycles. The number of nitrogens with two attached hydrogens (primary N) is 1. The third-order valence-corrected chi connectivity index (χ3v) is 5.68. The first-order chi connectivity index (χ1) is 12.0. The van der Waals surface area contributed by atoms with Gasteiger partial charge in [-0.15, -0.1) is 0 Å². The van der Waals surface area contributed by atoms with Crippen LogP contribution in [-0.2, 0) is 0 Å². The minimum absolute atomic E-state index is 0.0435. The molecule has 0 spiro atoms. The topological polar surface area (TPSA) is 97.4 Å². The summed E-state index contributed by atoms with van der Waals surface area (Å²) in [4.78, 5) is 0. The van der Waals surface area contributed by atoms with Crippen molar-refractivity contribution in [3.63, 3.8) is 0 Å². The highest BCUT2D eigenvalue weighted by Crippen LogP contribution is 2.56. The van der Waals surface area contributed by atoms with E-state index in [2.05, 4.69) is 25.1 Å². The Bertz CT molecular complexity index is 893. The molecule has 0 aliphatic heterocycles. The van der Waals surface area contributed by atoms with Gasteiger partial charge < -0.3 is 5.73 Å². The molecule has 0 amide bonds. The van der Waals surface area contributed by atoms with E-state index in [0.717, 1.165) is 24.0 Å². The van der Waals surface area contributed by atoms with E-state index in [4.69, 9.17) is 17.3 Å². The van der Waals surface area contributed by atoms with E-state index >= 15 is 0 Å². The van der Waals surface area contributed by atoms with Gasteiger partial charge in [-0.25, -0.2) is 0 Å². The van der Waals surface area contributed by atoms with Crippen LogP contribution in [0.5, 0.6) is 0 Å². The lowest BCUT2D eigenvalue weighted by Gasteiger charge is -2.43. The lowest BCUT2D eigenvalue weighted by molar-refractivity contribution is 0.334. The molecule has 4 nitrogen and oxygen atoms in total. The van der Waals surface area contributed by atoms with Crippen molar-refractivity contribution in [3.8, 4) is 18.2 Å². The Morgan fingerprint density at radius 1 is 1.20 bits per heavy atom. The van der Waals surface area contributed by atoms with Crippen LogP contribution in [0.1, 0.15) is 31.2 Å². The molecule has 2 N–H and O–H groups in total. The Balaban J connectivity index is 2.35. The molecule has 2 aliphatic rings. The fraction of sp³-hybridized carbons (Fsp3) is 0.350. The van der Waals surface area contributed by atoms with Crippen molar-refractivity contribution in [2.45, 2.75) is 25.7 Å². The van der Waals surface area contributed by atoms with Crippen molar-refractivity contribution in [3.05, 3.63) is 57.8 Å². The maximum atomic E-state index is 9.79. The van der Waals surface area contributed by atoms with Crippen molar-refractivity contribution in [2.24, 2.45) is 23.0 Å². The lowest BCUT2D eigenvalue weighted by Crippen LogP contribution is -2.41. The summed E-state index contributed by atoms with van der Waals surface area (Å²) in [6, 6.07) is 13.7. The predicted molar refractivity (Wildman–Crippen MR) is 94.6 cm³/mol. The zero-order valence-corrected chi connectivity index (χ0v) is 14.6. The van der Waals surface area contributed by atoms with Crippen LogP contribution < -0.4 is 5.73 Å². The van der Waals surface area contributed by atoms with Crippen molar-refractivity contribution in [1.82, 2.24) is 0 Å². The molecule has 0 radical (unpaired) electrons. The van der Waals surface area contributed by atoms with Gasteiger partial charge in [-0.05, 0) is 41.9 Å². The Hall–Kier alpha value is -2.74. The highest BCUT2D eigenvalue weighted by Gasteiger charge is 2.52. The summed E-state index contributed by atoms with van der Waals surface area (Å²) in [7, 11) is 0. The van der Waals surface area contributed by atoms with Gasteiger partial charge in [-0.3, -0.25) is 0 Å². The van der Waals surface area contributed by atoms with Crippen molar-refractivity contribution in [2.75, 3.05) is 0 Å². The first kappa shape index (κ1) is 17.1. The van der Waals surface area contributed by atoms with Gasteiger partial charge in [0.05, 0.1) is 29.5 Å². The van der Waals surface area contributed by atoms with Gasteiger partial charge >= 0.3 is 0 Å². The Morgan fingerprint density at radius 2 is 1.88 bits per heavy atom. The summed E-state index contributed by atoms with van der Waals surface area (Å²) < 4.78 is 0. The Morgan fingerprint density at radius 3 is 2.48 bits per heavy atom. The van der Waals surface area contributed by atoms with E-state index in [-0.39, 0.29) is 23.1 Å². The van der Waals surface area contributed by atoms with Crippen LogP contribution in [0.2, 0.25) is 5.02 Å². The Labute approximate surface area is 152 Å². The fourth-order valence-electron chi connectivity index (χ4n) is 4.11. The first-order valence-electron chi connectivity index (χ1n) is 8.17. The molecule has 25 heavy (non-hydrogen) atoms. The third-order valence-electron chi connectivity index (χ3n) is 5.33. The summed E-state index contributed by atoms with van der Waals surface area (Å²) in [5.41, 5.74) is 6.54. The predicted octanol–water partition coefficient (Wildman–Crippen LogP) is 4.18. The minimum atomic E-state index is -1.56. The molecule has 0 aromatic heterocycles. The van der Waals surface area contributed by atoms with Crippen LogP contribution in [0, 0.1) is 51.2 Å². The summed E-state index contributed by atoms with van der Waals surface area (Å²) in [5, 5.41) is 29.9. The van der Waals surface area contributed by atoms with E-state index in [0.29, 0.717) is 10.9 Å². The quantitative estimate of drug-likeness (QED) is 0.769. The largest absolute Gasteiger partial charge is 0.399 e. The number of hydrogen-bond acceptors (Lipinski definition) is 4. The van der Waals surface area contributed by atoms with Gasteiger partial charge in [0.15, 0.2) is 0 Å². The van der Waals surface area contributed by atoms with Gasteiger partial charge in [0.25, 0.3) is 0 Å². The van der Waals surface area contributed by atoms with Crippen LogP contribution in [0.15, 0.2) is 47.2 Å². The van der Waals surface area contributed by atoms with Gasteiger partial charge in [-0.1, -0.05) is 42.8 Å². The fourth-order valence-corrected chi connectivity index (χ4v) is 4.37. The molecule has 124 valence electrons. The maximum Gasteiger partial charge on any atom is 0.204 e. The van der Waals surface area contributed by atoms with Gasteiger partial charge in [0.2, 0.25) is 5.41 Å². The molecular formula is C20H17ClN4. The van der Waals surface area contributed by atoms with Gasteiger partial charge in [0.1, 0.15) is 0 Å². The standard InChI is InChI=1S/C20H17ClN4/c1-12-6-7-16-14(8-12)18(13-4-2-3-5-17(13)21)15(9-22)19(25)20(16,10-23)11-24/h2-5,7,12,14,18H,6,8,25H2,1H3/t12-,14-,18-/m0/s1. The second-order valence-corrected chi connectivity index (χ2v) is 7.16. The van der Waals surface area contributed by atoms with Crippen molar-refractivity contribution >= 4 is 11.6 Å². The minimum Gasteiger partial charge on any atom is -0.399 e. The summed E-state index contributed by atoms with van der Waals surface area (Å²) in [6.45, 7) is 2.13. The number of benzene rings is 1. The summed E-state index contributed by atoms with van der Waals surface area (Å²) in [5.74, 6) is -0.0690. The summed E-state index contributed by atoms with van der Waals surface area (Å²) >= 11 is 6.41.